The normalized spacial score (nSPS) is 11.1. The quantitative estimate of drug-likeness (QED) is 0.433. The fourth-order valence-electron chi connectivity index (χ4n) is 3.76. The number of halogens is 2. The first-order chi connectivity index (χ1) is 16.0. The number of carbonyl (C=O) groups is 1. The number of anilines is 1. The summed E-state index contributed by atoms with van der Waals surface area (Å²) in [6, 6.07) is 19.7. The van der Waals surface area contributed by atoms with Crippen molar-refractivity contribution in [3.8, 4) is 5.69 Å². The number of aryl methyl sites for hydroxylation is 1. The lowest BCUT2D eigenvalue weighted by Gasteiger charge is -2.13. The predicted octanol–water partition coefficient (Wildman–Crippen LogP) is 4.50. The number of amides is 1. The first kappa shape index (κ1) is 20.5. The van der Waals surface area contributed by atoms with E-state index in [1.54, 1.807) is 35.8 Å². The molecule has 0 unspecified atom stereocenters. The number of aromatic nitrogens is 5. The molecule has 0 spiro atoms. The number of fused-ring (bicyclic) bond motifs is 1. The standard InChI is InChI=1S/C24H18F2N6O/c1-15-28-29-30-32(15)18-10-11-20(26)21(13-18)27-24(33)23-12-16-6-3-5-9-22(16)31(23)14-17-7-2-4-8-19(17)25/h2-13H,14H2,1H3,(H,27,33). The maximum Gasteiger partial charge on any atom is 0.272 e. The van der Waals surface area contributed by atoms with Crippen molar-refractivity contribution < 1.29 is 13.6 Å². The average Bonchev–Trinajstić information content (AvgIpc) is 3.40. The minimum atomic E-state index is -0.602. The van der Waals surface area contributed by atoms with Crippen molar-refractivity contribution in [3.05, 3.63) is 102 Å². The Kier molecular flexibility index (Phi) is 5.14. The molecule has 5 rings (SSSR count). The van der Waals surface area contributed by atoms with Gasteiger partial charge < -0.3 is 9.88 Å². The van der Waals surface area contributed by atoms with Gasteiger partial charge in [-0.15, -0.1) is 5.10 Å². The molecule has 0 saturated carbocycles. The van der Waals surface area contributed by atoms with Gasteiger partial charge >= 0.3 is 0 Å². The molecule has 0 fully saturated rings. The fourth-order valence-corrected chi connectivity index (χ4v) is 3.76. The van der Waals surface area contributed by atoms with Gasteiger partial charge in [-0.05, 0) is 53.7 Å². The maximum absolute atomic E-state index is 14.6. The fraction of sp³-hybridized carbons (Fsp3) is 0.0833. The highest BCUT2D eigenvalue weighted by atomic mass is 19.1. The smallest absolute Gasteiger partial charge is 0.272 e. The molecule has 9 heteroatoms. The second-order valence-corrected chi connectivity index (χ2v) is 7.52. The summed E-state index contributed by atoms with van der Waals surface area (Å²) in [5.41, 5.74) is 1.97. The van der Waals surface area contributed by atoms with Gasteiger partial charge in [0.1, 0.15) is 17.3 Å². The van der Waals surface area contributed by atoms with Crippen LogP contribution in [-0.4, -0.2) is 30.7 Å². The minimum absolute atomic E-state index is 0.0184. The van der Waals surface area contributed by atoms with Gasteiger partial charge in [-0.25, -0.2) is 8.78 Å². The van der Waals surface area contributed by atoms with Gasteiger partial charge in [0.2, 0.25) is 0 Å². The number of tetrazole rings is 1. The summed E-state index contributed by atoms with van der Waals surface area (Å²) in [7, 11) is 0. The molecule has 2 aromatic heterocycles. The molecule has 164 valence electrons. The van der Waals surface area contributed by atoms with E-state index in [0.717, 1.165) is 10.9 Å². The Hall–Kier alpha value is -4.40. The molecule has 1 N–H and O–H groups in total. The third kappa shape index (κ3) is 3.84. The molecule has 5 aromatic rings. The summed E-state index contributed by atoms with van der Waals surface area (Å²) in [6.45, 7) is 1.86. The van der Waals surface area contributed by atoms with Gasteiger partial charge in [0.15, 0.2) is 5.82 Å². The van der Waals surface area contributed by atoms with Gasteiger partial charge in [0, 0.05) is 16.5 Å². The summed E-state index contributed by atoms with van der Waals surface area (Å²) in [4.78, 5) is 13.3. The van der Waals surface area contributed by atoms with Crippen LogP contribution in [0.3, 0.4) is 0 Å². The van der Waals surface area contributed by atoms with Crippen molar-refractivity contribution in [3.63, 3.8) is 0 Å². The maximum atomic E-state index is 14.6. The topological polar surface area (TPSA) is 77.6 Å². The summed E-state index contributed by atoms with van der Waals surface area (Å²) in [6.07, 6.45) is 0. The van der Waals surface area contributed by atoms with Crippen molar-refractivity contribution in [2.45, 2.75) is 13.5 Å². The Morgan fingerprint density at radius 2 is 1.76 bits per heavy atom. The molecule has 0 bridgehead atoms. The predicted molar refractivity (Wildman–Crippen MR) is 119 cm³/mol. The lowest BCUT2D eigenvalue weighted by Crippen LogP contribution is -2.18. The van der Waals surface area contributed by atoms with E-state index >= 15 is 0 Å². The van der Waals surface area contributed by atoms with E-state index in [0.29, 0.717) is 17.1 Å². The van der Waals surface area contributed by atoms with E-state index in [1.807, 2.05) is 24.3 Å². The Balaban J connectivity index is 1.53. The molecule has 1 amide bonds. The van der Waals surface area contributed by atoms with E-state index < -0.39 is 11.7 Å². The number of hydrogen-bond donors (Lipinski definition) is 1. The van der Waals surface area contributed by atoms with Crippen LogP contribution in [0, 0.1) is 18.6 Å². The number of nitrogens with one attached hydrogen (secondary N) is 1. The summed E-state index contributed by atoms with van der Waals surface area (Å²) < 4.78 is 32.1. The molecule has 0 saturated heterocycles. The molecule has 0 aliphatic carbocycles. The van der Waals surface area contributed by atoms with Crippen LogP contribution in [0.5, 0.6) is 0 Å². The first-order valence-electron chi connectivity index (χ1n) is 10.2. The zero-order valence-corrected chi connectivity index (χ0v) is 17.5. The Labute approximate surface area is 187 Å². The third-order valence-corrected chi connectivity index (χ3v) is 5.40. The van der Waals surface area contributed by atoms with Gasteiger partial charge in [0.25, 0.3) is 5.91 Å². The van der Waals surface area contributed by atoms with E-state index in [-0.39, 0.29) is 23.7 Å². The van der Waals surface area contributed by atoms with Crippen molar-refractivity contribution >= 4 is 22.5 Å². The van der Waals surface area contributed by atoms with E-state index in [2.05, 4.69) is 20.8 Å². The highest BCUT2D eigenvalue weighted by molar-refractivity contribution is 6.06. The van der Waals surface area contributed by atoms with Crippen molar-refractivity contribution in [1.82, 2.24) is 24.8 Å². The largest absolute Gasteiger partial charge is 0.332 e. The Morgan fingerprint density at radius 1 is 0.970 bits per heavy atom. The van der Waals surface area contributed by atoms with Crippen LogP contribution in [0.25, 0.3) is 16.6 Å². The molecule has 33 heavy (non-hydrogen) atoms. The Bertz CT molecular complexity index is 1490. The molecular weight excluding hydrogens is 426 g/mol. The molecule has 3 aromatic carbocycles. The van der Waals surface area contributed by atoms with Crippen molar-refractivity contribution in [2.75, 3.05) is 5.32 Å². The summed E-state index contributed by atoms with van der Waals surface area (Å²) in [5.74, 6) is -0.970. The van der Waals surface area contributed by atoms with E-state index in [9.17, 15) is 13.6 Å². The molecule has 2 heterocycles. The summed E-state index contributed by atoms with van der Waals surface area (Å²) >= 11 is 0. The number of hydrogen-bond acceptors (Lipinski definition) is 4. The van der Waals surface area contributed by atoms with Crippen LogP contribution in [-0.2, 0) is 6.54 Å². The van der Waals surface area contributed by atoms with Crippen LogP contribution in [0.2, 0.25) is 0 Å². The van der Waals surface area contributed by atoms with E-state index in [1.165, 1.54) is 28.9 Å². The summed E-state index contributed by atoms with van der Waals surface area (Å²) in [5, 5.41) is 14.7. The zero-order chi connectivity index (χ0) is 22.9. The number of nitrogens with zero attached hydrogens (tertiary/aromatic N) is 5. The molecule has 0 aliphatic heterocycles. The zero-order valence-electron chi connectivity index (χ0n) is 17.5. The molecular formula is C24H18F2N6O. The van der Waals surface area contributed by atoms with Crippen molar-refractivity contribution in [2.24, 2.45) is 0 Å². The molecule has 0 atom stereocenters. The molecule has 0 aliphatic rings. The Morgan fingerprint density at radius 3 is 2.55 bits per heavy atom. The first-order valence-corrected chi connectivity index (χ1v) is 10.2. The van der Waals surface area contributed by atoms with Gasteiger partial charge in [-0.2, -0.15) is 4.68 Å². The van der Waals surface area contributed by atoms with Crippen LogP contribution < -0.4 is 5.32 Å². The second kappa shape index (κ2) is 8.27. The lowest BCUT2D eigenvalue weighted by atomic mass is 10.2. The van der Waals surface area contributed by atoms with Crippen LogP contribution in [0.1, 0.15) is 21.9 Å². The second-order valence-electron chi connectivity index (χ2n) is 7.52. The van der Waals surface area contributed by atoms with Gasteiger partial charge in [-0.1, -0.05) is 36.4 Å². The SMILES string of the molecule is Cc1nnnn1-c1ccc(F)c(NC(=O)c2cc3ccccc3n2Cc2ccccc2F)c1. The average molecular weight is 444 g/mol. The highest BCUT2D eigenvalue weighted by Gasteiger charge is 2.19. The monoisotopic (exact) mass is 444 g/mol. The van der Waals surface area contributed by atoms with Gasteiger partial charge in [-0.3, -0.25) is 4.79 Å². The number of para-hydroxylation sites is 1. The number of rotatable bonds is 5. The number of carbonyl (C=O) groups excluding carboxylic acids is 1. The van der Waals surface area contributed by atoms with E-state index in [4.69, 9.17) is 0 Å². The molecule has 7 nitrogen and oxygen atoms in total. The third-order valence-electron chi connectivity index (χ3n) is 5.40. The van der Waals surface area contributed by atoms with Crippen LogP contribution >= 0.6 is 0 Å². The lowest BCUT2D eigenvalue weighted by molar-refractivity contribution is 0.101. The minimum Gasteiger partial charge on any atom is -0.332 e. The van der Waals surface area contributed by atoms with Crippen molar-refractivity contribution in [1.29, 1.82) is 0 Å². The van der Waals surface area contributed by atoms with Gasteiger partial charge in [0.05, 0.1) is 17.9 Å². The molecule has 0 radical (unpaired) electrons. The van der Waals surface area contributed by atoms with Crippen LogP contribution in [0.15, 0.2) is 72.8 Å². The van der Waals surface area contributed by atoms with Crippen LogP contribution in [0.4, 0.5) is 14.5 Å². The number of benzene rings is 3. The highest BCUT2D eigenvalue weighted by Crippen LogP contribution is 2.25.